The Morgan fingerprint density at radius 1 is 1.04 bits per heavy atom. The van der Waals surface area contributed by atoms with Crippen LogP contribution in [0.1, 0.15) is 16.1 Å². The SMILES string of the molecule is Cc1ccc(NC(=O)c2cc(-c3cccc4ccccc34)n[nH]2)cc1F. The third-order valence-electron chi connectivity index (χ3n) is 4.32. The number of aryl methyl sites for hydroxylation is 1. The Hall–Kier alpha value is -3.47. The number of H-pyrrole nitrogens is 1. The number of hydrogen-bond donors (Lipinski definition) is 2. The van der Waals surface area contributed by atoms with Crippen molar-refractivity contribution in [1.29, 1.82) is 0 Å². The molecule has 0 saturated heterocycles. The van der Waals surface area contributed by atoms with Gasteiger partial charge in [-0.15, -0.1) is 0 Å². The lowest BCUT2D eigenvalue weighted by molar-refractivity contribution is 0.102. The fraction of sp³-hybridized carbons (Fsp3) is 0.0476. The highest BCUT2D eigenvalue weighted by Crippen LogP contribution is 2.27. The van der Waals surface area contributed by atoms with Crippen LogP contribution in [-0.4, -0.2) is 16.1 Å². The van der Waals surface area contributed by atoms with Crippen LogP contribution in [0.5, 0.6) is 0 Å². The van der Waals surface area contributed by atoms with Crippen molar-refractivity contribution in [2.75, 3.05) is 5.32 Å². The minimum Gasteiger partial charge on any atom is -0.321 e. The highest BCUT2D eigenvalue weighted by atomic mass is 19.1. The molecule has 0 fully saturated rings. The Labute approximate surface area is 149 Å². The topological polar surface area (TPSA) is 57.8 Å². The zero-order valence-corrected chi connectivity index (χ0v) is 14.1. The normalized spacial score (nSPS) is 10.8. The van der Waals surface area contributed by atoms with E-state index >= 15 is 0 Å². The smallest absolute Gasteiger partial charge is 0.273 e. The number of nitrogens with zero attached hydrogens (tertiary/aromatic N) is 1. The van der Waals surface area contributed by atoms with Gasteiger partial charge in [0.15, 0.2) is 0 Å². The van der Waals surface area contributed by atoms with Gasteiger partial charge in [-0.1, -0.05) is 48.5 Å². The van der Waals surface area contributed by atoms with Crippen molar-refractivity contribution in [3.05, 3.63) is 83.8 Å². The molecule has 4 aromatic rings. The number of halogens is 1. The summed E-state index contributed by atoms with van der Waals surface area (Å²) in [5.74, 6) is -0.726. The van der Waals surface area contributed by atoms with Crippen LogP contribution >= 0.6 is 0 Å². The Morgan fingerprint density at radius 2 is 1.85 bits per heavy atom. The summed E-state index contributed by atoms with van der Waals surface area (Å²) >= 11 is 0. The highest BCUT2D eigenvalue weighted by Gasteiger charge is 2.13. The predicted octanol–water partition coefficient (Wildman–Crippen LogP) is 4.93. The van der Waals surface area contributed by atoms with Crippen LogP contribution in [0.2, 0.25) is 0 Å². The minimum atomic E-state index is -0.368. The van der Waals surface area contributed by atoms with Crippen LogP contribution in [0.15, 0.2) is 66.7 Å². The van der Waals surface area contributed by atoms with Crippen molar-refractivity contribution >= 4 is 22.4 Å². The van der Waals surface area contributed by atoms with Crippen molar-refractivity contribution in [2.45, 2.75) is 6.92 Å². The Morgan fingerprint density at radius 3 is 2.69 bits per heavy atom. The molecular formula is C21H16FN3O. The molecule has 1 heterocycles. The first-order chi connectivity index (χ1) is 12.6. The van der Waals surface area contributed by atoms with Crippen molar-refractivity contribution in [3.63, 3.8) is 0 Å². The first-order valence-corrected chi connectivity index (χ1v) is 8.23. The Bertz CT molecular complexity index is 1110. The number of rotatable bonds is 3. The summed E-state index contributed by atoms with van der Waals surface area (Å²) in [5, 5.41) is 11.9. The molecule has 128 valence electrons. The lowest BCUT2D eigenvalue weighted by Crippen LogP contribution is -2.12. The van der Waals surface area contributed by atoms with Gasteiger partial charge in [0, 0.05) is 11.3 Å². The Balaban J connectivity index is 1.63. The molecule has 3 aromatic carbocycles. The van der Waals surface area contributed by atoms with Crippen molar-refractivity contribution in [1.82, 2.24) is 10.2 Å². The number of aromatic nitrogens is 2. The molecule has 1 aromatic heterocycles. The van der Waals surface area contributed by atoms with E-state index in [-0.39, 0.29) is 11.7 Å². The number of nitrogens with one attached hydrogen (secondary N) is 2. The molecule has 4 nitrogen and oxygen atoms in total. The average molecular weight is 345 g/mol. The maximum atomic E-state index is 13.6. The number of hydrogen-bond acceptors (Lipinski definition) is 2. The van der Waals surface area contributed by atoms with Gasteiger partial charge in [0.25, 0.3) is 5.91 Å². The zero-order valence-electron chi connectivity index (χ0n) is 14.1. The lowest BCUT2D eigenvalue weighted by Gasteiger charge is -2.05. The summed E-state index contributed by atoms with van der Waals surface area (Å²) in [4.78, 5) is 12.4. The van der Waals surface area contributed by atoms with Gasteiger partial charge in [-0.3, -0.25) is 9.89 Å². The summed E-state index contributed by atoms with van der Waals surface area (Å²) in [6.07, 6.45) is 0. The number of carbonyl (C=O) groups excluding carboxylic acids is 1. The van der Waals surface area contributed by atoms with Gasteiger partial charge < -0.3 is 5.32 Å². The monoisotopic (exact) mass is 345 g/mol. The molecule has 1 amide bonds. The number of benzene rings is 3. The fourth-order valence-corrected chi connectivity index (χ4v) is 2.89. The molecule has 0 bridgehead atoms. The molecule has 5 heteroatoms. The third kappa shape index (κ3) is 2.95. The van der Waals surface area contributed by atoms with Crippen LogP contribution in [0, 0.1) is 12.7 Å². The number of carbonyl (C=O) groups is 1. The van der Waals surface area contributed by atoms with Crippen LogP contribution in [0.4, 0.5) is 10.1 Å². The quantitative estimate of drug-likeness (QED) is 0.553. The summed E-state index contributed by atoms with van der Waals surface area (Å²) in [6, 6.07) is 20.3. The molecule has 0 aliphatic rings. The van der Waals surface area contributed by atoms with E-state index in [4.69, 9.17) is 0 Å². The van der Waals surface area contributed by atoms with E-state index in [1.807, 2.05) is 42.5 Å². The summed E-state index contributed by atoms with van der Waals surface area (Å²) < 4.78 is 13.6. The van der Waals surface area contributed by atoms with Crippen LogP contribution < -0.4 is 5.32 Å². The average Bonchev–Trinajstić information content (AvgIpc) is 3.14. The van der Waals surface area contributed by atoms with Gasteiger partial charge >= 0.3 is 0 Å². The van der Waals surface area contributed by atoms with E-state index in [1.165, 1.54) is 6.07 Å². The number of anilines is 1. The lowest BCUT2D eigenvalue weighted by atomic mass is 10.0. The molecular weight excluding hydrogens is 329 g/mol. The molecule has 0 radical (unpaired) electrons. The minimum absolute atomic E-state index is 0.314. The molecule has 26 heavy (non-hydrogen) atoms. The first-order valence-electron chi connectivity index (χ1n) is 8.23. The largest absolute Gasteiger partial charge is 0.321 e. The molecule has 0 saturated carbocycles. The second-order valence-electron chi connectivity index (χ2n) is 6.11. The Kier molecular flexibility index (Phi) is 3.97. The van der Waals surface area contributed by atoms with E-state index in [2.05, 4.69) is 15.5 Å². The fourth-order valence-electron chi connectivity index (χ4n) is 2.89. The van der Waals surface area contributed by atoms with E-state index in [9.17, 15) is 9.18 Å². The summed E-state index contributed by atoms with van der Waals surface area (Å²) in [5.41, 5.74) is 2.87. The van der Waals surface area contributed by atoms with Gasteiger partial charge in [0.1, 0.15) is 11.5 Å². The number of amides is 1. The molecule has 0 aliphatic heterocycles. The van der Waals surface area contributed by atoms with Crippen molar-refractivity contribution in [3.8, 4) is 11.3 Å². The van der Waals surface area contributed by atoms with Gasteiger partial charge in [-0.05, 0) is 41.5 Å². The second-order valence-corrected chi connectivity index (χ2v) is 6.11. The number of aromatic amines is 1. The van der Waals surface area contributed by atoms with Crippen LogP contribution in [0.3, 0.4) is 0 Å². The maximum Gasteiger partial charge on any atom is 0.273 e. The van der Waals surface area contributed by atoms with Crippen LogP contribution in [-0.2, 0) is 0 Å². The molecule has 0 unspecified atom stereocenters. The maximum absolute atomic E-state index is 13.6. The number of fused-ring (bicyclic) bond motifs is 1. The first kappa shape index (κ1) is 16.0. The molecule has 2 N–H and O–H groups in total. The van der Waals surface area contributed by atoms with Gasteiger partial charge in [0.2, 0.25) is 0 Å². The molecule has 0 aliphatic carbocycles. The van der Waals surface area contributed by atoms with E-state index in [0.29, 0.717) is 22.6 Å². The highest BCUT2D eigenvalue weighted by molar-refractivity contribution is 6.04. The van der Waals surface area contributed by atoms with E-state index in [1.54, 1.807) is 25.1 Å². The predicted molar refractivity (Wildman–Crippen MR) is 101 cm³/mol. The third-order valence-corrected chi connectivity index (χ3v) is 4.32. The standard InChI is InChI=1S/C21H16FN3O/c1-13-9-10-15(11-18(13)22)23-21(26)20-12-19(24-25-20)17-8-4-6-14-5-2-3-7-16(14)17/h2-12H,1H3,(H,23,26)(H,24,25). The van der Waals surface area contributed by atoms with Crippen molar-refractivity contribution < 1.29 is 9.18 Å². The molecule has 0 spiro atoms. The van der Waals surface area contributed by atoms with Crippen molar-refractivity contribution in [2.24, 2.45) is 0 Å². The molecule has 0 atom stereocenters. The van der Waals surface area contributed by atoms with Gasteiger partial charge in [0.05, 0.1) is 5.69 Å². The summed E-state index contributed by atoms with van der Waals surface area (Å²) in [6.45, 7) is 1.67. The zero-order chi connectivity index (χ0) is 18.1. The van der Waals surface area contributed by atoms with E-state index < -0.39 is 0 Å². The van der Waals surface area contributed by atoms with E-state index in [0.717, 1.165) is 16.3 Å². The van der Waals surface area contributed by atoms with Gasteiger partial charge in [-0.25, -0.2) is 4.39 Å². The van der Waals surface area contributed by atoms with Crippen LogP contribution in [0.25, 0.3) is 22.0 Å². The van der Waals surface area contributed by atoms with Gasteiger partial charge in [-0.2, -0.15) is 5.10 Å². The second kappa shape index (κ2) is 6.44. The molecule has 4 rings (SSSR count). The summed E-state index contributed by atoms with van der Waals surface area (Å²) in [7, 11) is 0.